The average molecular weight is 213 g/mol. The summed E-state index contributed by atoms with van der Waals surface area (Å²) in [7, 11) is 3.48. The molecular formula is C8H15N5O2. The number of anilines is 1. The second kappa shape index (κ2) is 5.20. The van der Waals surface area contributed by atoms with Crippen molar-refractivity contribution < 1.29 is 9.53 Å². The van der Waals surface area contributed by atoms with Crippen molar-refractivity contribution in [1.82, 2.24) is 14.9 Å². The Labute approximate surface area is 87.6 Å². The van der Waals surface area contributed by atoms with Crippen LogP contribution in [0, 0.1) is 0 Å². The van der Waals surface area contributed by atoms with Crippen LogP contribution in [0.1, 0.15) is 0 Å². The lowest BCUT2D eigenvalue weighted by Gasteiger charge is -2.09. The molecule has 1 amide bonds. The number of hydrogen-bond acceptors (Lipinski definition) is 5. The van der Waals surface area contributed by atoms with Crippen molar-refractivity contribution in [2.45, 2.75) is 6.54 Å². The Balaban J connectivity index is 2.84. The molecule has 0 unspecified atom stereocenters. The van der Waals surface area contributed by atoms with E-state index in [1.807, 2.05) is 0 Å². The van der Waals surface area contributed by atoms with Crippen molar-refractivity contribution in [2.75, 3.05) is 26.1 Å². The number of amides is 1. The predicted octanol–water partition coefficient (Wildman–Crippen LogP) is -1.03. The Morgan fingerprint density at radius 3 is 2.93 bits per heavy atom. The maximum absolute atomic E-state index is 10.8. The molecule has 1 heterocycles. The van der Waals surface area contributed by atoms with Crippen molar-refractivity contribution in [3.05, 3.63) is 6.33 Å². The number of primary amides is 1. The number of carbonyl (C=O) groups excluding carboxylic acids is 1. The number of aromatic nitrogens is 2. The van der Waals surface area contributed by atoms with Crippen molar-refractivity contribution in [3.63, 3.8) is 0 Å². The van der Waals surface area contributed by atoms with Gasteiger partial charge in [-0.25, -0.2) is 4.98 Å². The summed E-state index contributed by atoms with van der Waals surface area (Å²) in [6.45, 7) is 0.382. The molecule has 0 spiro atoms. The first kappa shape index (κ1) is 11.3. The van der Waals surface area contributed by atoms with E-state index in [-0.39, 0.29) is 6.54 Å². The van der Waals surface area contributed by atoms with Gasteiger partial charge in [0.05, 0.1) is 0 Å². The molecule has 0 saturated heterocycles. The number of rotatable bonds is 6. The molecule has 15 heavy (non-hydrogen) atoms. The van der Waals surface area contributed by atoms with Gasteiger partial charge >= 0.3 is 0 Å². The number of ether oxygens (including phenoxy) is 1. The highest BCUT2D eigenvalue weighted by Gasteiger charge is 2.12. The minimum Gasteiger partial charge on any atom is -0.460 e. The molecule has 1 aromatic rings. The van der Waals surface area contributed by atoms with Gasteiger partial charge in [-0.05, 0) is 7.05 Å². The molecule has 1 aromatic heterocycles. The second-order valence-corrected chi connectivity index (χ2v) is 2.88. The van der Waals surface area contributed by atoms with Crippen LogP contribution in [0.2, 0.25) is 0 Å². The minimum atomic E-state index is -0.440. The fraction of sp³-hybridized carbons (Fsp3) is 0.500. The zero-order valence-corrected chi connectivity index (χ0v) is 8.78. The predicted molar refractivity (Wildman–Crippen MR) is 55.5 cm³/mol. The Hall–Kier alpha value is -1.76. The standard InChI is InChI=1S/C8H15N5O2/c1-10-5-15-8-7(11-2)12-4-13(8)3-6(9)14/h4,10-11H,3,5H2,1-2H3,(H2,9,14). The topological polar surface area (TPSA) is 94.2 Å². The summed E-state index contributed by atoms with van der Waals surface area (Å²) in [5, 5.41) is 5.69. The summed E-state index contributed by atoms with van der Waals surface area (Å²) in [5.74, 6) is 0.626. The van der Waals surface area contributed by atoms with E-state index in [1.54, 1.807) is 18.7 Å². The van der Waals surface area contributed by atoms with E-state index in [1.165, 1.54) is 6.33 Å². The summed E-state index contributed by atoms with van der Waals surface area (Å²) in [6.07, 6.45) is 1.50. The lowest BCUT2D eigenvalue weighted by molar-refractivity contribution is -0.118. The molecule has 0 fully saturated rings. The van der Waals surface area contributed by atoms with Gasteiger partial charge in [0.25, 0.3) is 0 Å². The summed E-state index contributed by atoms with van der Waals surface area (Å²) in [6, 6.07) is 0. The number of imidazole rings is 1. The lowest BCUT2D eigenvalue weighted by atomic mass is 10.6. The van der Waals surface area contributed by atoms with Gasteiger partial charge in [-0.1, -0.05) is 0 Å². The molecule has 1 rings (SSSR count). The second-order valence-electron chi connectivity index (χ2n) is 2.88. The number of nitrogens with two attached hydrogens (primary N) is 1. The third-order valence-electron chi connectivity index (χ3n) is 1.71. The smallest absolute Gasteiger partial charge is 0.240 e. The van der Waals surface area contributed by atoms with Crippen LogP contribution in [0.15, 0.2) is 6.33 Å². The van der Waals surface area contributed by atoms with Crippen LogP contribution in [0.3, 0.4) is 0 Å². The van der Waals surface area contributed by atoms with Crippen LogP contribution < -0.4 is 21.1 Å². The molecule has 0 aliphatic carbocycles. The highest BCUT2D eigenvalue weighted by molar-refractivity contribution is 5.74. The van der Waals surface area contributed by atoms with Gasteiger partial charge in [0.1, 0.15) is 19.6 Å². The van der Waals surface area contributed by atoms with Crippen molar-refractivity contribution >= 4 is 11.7 Å². The molecule has 0 aromatic carbocycles. The van der Waals surface area contributed by atoms with E-state index in [4.69, 9.17) is 10.5 Å². The van der Waals surface area contributed by atoms with Gasteiger partial charge in [0.15, 0.2) is 5.82 Å². The number of nitrogens with zero attached hydrogens (tertiary/aromatic N) is 2. The molecule has 0 radical (unpaired) electrons. The maximum atomic E-state index is 10.8. The summed E-state index contributed by atoms with van der Waals surface area (Å²) in [4.78, 5) is 14.8. The quantitative estimate of drug-likeness (QED) is 0.525. The third kappa shape index (κ3) is 2.84. The minimum absolute atomic E-state index is 0.0493. The van der Waals surface area contributed by atoms with E-state index >= 15 is 0 Å². The zero-order chi connectivity index (χ0) is 11.3. The van der Waals surface area contributed by atoms with Gasteiger partial charge in [-0.3, -0.25) is 14.7 Å². The highest BCUT2D eigenvalue weighted by Crippen LogP contribution is 2.21. The fourth-order valence-corrected chi connectivity index (χ4v) is 1.11. The Morgan fingerprint density at radius 2 is 2.40 bits per heavy atom. The van der Waals surface area contributed by atoms with Crippen LogP contribution in [0.5, 0.6) is 5.88 Å². The molecule has 84 valence electrons. The Bertz CT molecular complexity index is 336. The van der Waals surface area contributed by atoms with Crippen molar-refractivity contribution in [1.29, 1.82) is 0 Å². The molecule has 7 heteroatoms. The number of carbonyl (C=O) groups is 1. The first-order chi connectivity index (χ1) is 7.19. The fourth-order valence-electron chi connectivity index (χ4n) is 1.11. The molecule has 4 N–H and O–H groups in total. The lowest BCUT2D eigenvalue weighted by Crippen LogP contribution is -2.21. The van der Waals surface area contributed by atoms with E-state index in [0.29, 0.717) is 18.4 Å². The largest absolute Gasteiger partial charge is 0.460 e. The molecule has 0 atom stereocenters. The zero-order valence-electron chi connectivity index (χ0n) is 8.78. The monoisotopic (exact) mass is 213 g/mol. The Morgan fingerprint density at radius 1 is 1.67 bits per heavy atom. The van der Waals surface area contributed by atoms with E-state index in [0.717, 1.165) is 0 Å². The molecule has 0 aliphatic rings. The SMILES string of the molecule is CNCOc1c(NC)ncn1CC(N)=O. The van der Waals surface area contributed by atoms with Crippen molar-refractivity contribution in [3.8, 4) is 5.88 Å². The van der Waals surface area contributed by atoms with E-state index in [9.17, 15) is 4.79 Å². The van der Waals surface area contributed by atoms with E-state index < -0.39 is 5.91 Å². The van der Waals surface area contributed by atoms with Crippen LogP contribution in [0.4, 0.5) is 5.82 Å². The van der Waals surface area contributed by atoms with Crippen LogP contribution in [-0.4, -0.2) is 36.3 Å². The normalized spacial score (nSPS) is 10.0. The van der Waals surface area contributed by atoms with Crippen molar-refractivity contribution in [2.24, 2.45) is 5.73 Å². The van der Waals surface area contributed by atoms with E-state index in [2.05, 4.69) is 15.6 Å². The number of nitrogens with one attached hydrogen (secondary N) is 2. The van der Waals surface area contributed by atoms with Crippen LogP contribution >= 0.6 is 0 Å². The summed E-state index contributed by atoms with van der Waals surface area (Å²) >= 11 is 0. The number of hydrogen-bond donors (Lipinski definition) is 3. The molecule has 0 saturated carbocycles. The summed E-state index contributed by atoms with van der Waals surface area (Å²) < 4.78 is 6.92. The highest BCUT2D eigenvalue weighted by atomic mass is 16.5. The molecule has 0 bridgehead atoms. The average Bonchev–Trinajstić information content (AvgIpc) is 2.56. The van der Waals surface area contributed by atoms with Gasteiger partial charge in [-0.15, -0.1) is 0 Å². The van der Waals surface area contributed by atoms with Gasteiger partial charge in [0.2, 0.25) is 11.8 Å². The molecular weight excluding hydrogens is 198 g/mol. The first-order valence-electron chi connectivity index (χ1n) is 4.47. The van der Waals surface area contributed by atoms with Gasteiger partial charge in [-0.2, -0.15) is 0 Å². The van der Waals surface area contributed by atoms with Gasteiger partial charge < -0.3 is 15.8 Å². The van der Waals surface area contributed by atoms with Gasteiger partial charge in [0, 0.05) is 7.05 Å². The van der Waals surface area contributed by atoms with Crippen LogP contribution in [0.25, 0.3) is 0 Å². The molecule has 7 nitrogen and oxygen atoms in total. The first-order valence-corrected chi connectivity index (χ1v) is 4.47. The maximum Gasteiger partial charge on any atom is 0.240 e. The summed E-state index contributed by atoms with van der Waals surface area (Å²) in [5.41, 5.74) is 5.09. The molecule has 0 aliphatic heterocycles. The third-order valence-corrected chi connectivity index (χ3v) is 1.71. The van der Waals surface area contributed by atoms with Crippen LogP contribution in [-0.2, 0) is 11.3 Å². The Kier molecular flexibility index (Phi) is 3.92.